The molecule has 0 bridgehead atoms. The van der Waals surface area contributed by atoms with Crippen molar-refractivity contribution in [1.29, 1.82) is 0 Å². The maximum Gasteiger partial charge on any atom is 0.190 e. The smallest absolute Gasteiger partial charge is 0.190 e. The number of rotatable bonds is 8. The van der Waals surface area contributed by atoms with E-state index in [9.17, 15) is 0 Å². The molecule has 2 N–H and O–H groups in total. The van der Waals surface area contributed by atoms with Crippen molar-refractivity contribution in [1.82, 2.24) is 15.6 Å². The van der Waals surface area contributed by atoms with Crippen molar-refractivity contribution in [2.24, 2.45) is 4.99 Å². The summed E-state index contributed by atoms with van der Waals surface area (Å²) in [6.07, 6.45) is 3.35. The first-order chi connectivity index (χ1) is 11.2. The zero-order valence-corrected chi connectivity index (χ0v) is 15.8. The molecule has 0 aliphatic heterocycles. The number of nitrogens with one attached hydrogen (secondary N) is 2. The fourth-order valence-corrected chi connectivity index (χ4v) is 3.87. The third kappa shape index (κ3) is 6.31. The molecule has 2 heterocycles. The summed E-state index contributed by atoms with van der Waals surface area (Å²) in [5, 5.41) is 14.5. The summed E-state index contributed by atoms with van der Waals surface area (Å²) >= 11 is 3.51. The van der Waals surface area contributed by atoms with E-state index in [1.165, 1.54) is 10.6 Å². The number of hydrogen-bond acceptors (Lipinski definition) is 4. The molecular formula is C17H26N4S2. The minimum Gasteiger partial charge on any atom is -0.356 e. The molecule has 0 aromatic carbocycles. The van der Waals surface area contributed by atoms with Gasteiger partial charge in [-0.3, -0.25) is 4.99 Å². The van der Waals surface area contributed by atoms with E-state index >= 15 is 0 Å². The number of nitrogens with zero attached hydrogens (tertiary/aromatic N) is 2. The van der Waals surface area contributed by atoms with Crippen molar-refractivity contribution >= 4 is 28.6 Å². The maximum atomic E-state index is 4.50. The monoisotopic (exact) mass is 350 g/mol. The minimum absolute atomic E-state index is 0.493. The molecule has 0 aliphatic rings. The molecule has 0 saturated heterocycles. The molecule has 0 radical (unpaired) electrons. The summed E-state index contributed by atoms with van der Waals surface area (Å²) in [6, 6.07) is 2.19. The van der Waals surface area contributed by atoms with Crippen LogP contribution in [0.5, 0.6) is 0 Å². The summed E-state index contributed by atoms with van der Waals surface area (Å²) in [4.78, 5) is 8.78. The normalized spacial score (nSPS) is 13.1. The van der Waals surface area contributed by atoms with Crippen molar-refractivity contribution in [3.63, 3.8) is 0 Å². The summed E-state index contributed by atoms with van der Waals surface area (Å²) in [6.45, 7) is 6.12. The lowest BCUT2D eigenvalue weighted by Crippen LogP contribution is -2.39. The topological polar surface area (TPSA) is 49.3 Å². The second-order valence-electron chi connectivity index (χ2n) is 5.68. The Morgan fingerprint density at radius 2 is 2.17 bits per heavy atom. The number of thiophene rings is 1. The average molecular weight is 351 g/mol. The molecule has 0 fully saturated rings. The molecular weight excluding hydrogens is 324 g/mol. The molecule has 23 heavy (non-hydrogen) atoms. The van der Waals surface area contributed by atoms with Crippen molar-refractivity contribution in [2.75, 3.05) is 20.1 Å². The van der Waals surface area contributed by atoms with Gasteiger partial charge in [0.1, 0.15) is 0 Å². The van der Waals surface area contributed by atoms with E-state index in [1.54, 1.807) is 22.7 Å². The Balaban J connectivity index is 1.59. The van der Waals surface area contributed by atoms with E-state index in [-0.39, 0.29) is 0 Å². The Bertz CT molecular complexity index is 590. The van der Waals surface area contributed by atoms with Gasteiger partial charge in [0, 0.05) is 31.2 Å². The molecule has 1 atom stereocenters. The number of thiazole rings is 1. The summed E-state index contributed by atoms with van der Waals surface area (Å²) in [5.41, 5.74) is 2.52. The Labute approximate surface area is 147 Å². The Morgan fingerprint density at radius 3 is 2.83 bits per heavy atom. The van der Waals surface area contributed by atoms with Crippen LogP contribution in [-0.4, -0.2) is 31.1 Å². The maximum absolute atomic E-state index is 4.50. The molecule has 0 spiro atoms. The highest BCUT2D eigenvalue weighted by Gasteiger charge is 2.06. The Kier molecular flexibility index (Phi) is 7.55. The van der Waals surface area contributed by atoms with Gasteiger partial charge >= 0.3 is 0 Å². The number of aliphatic imine (C=N–C) groups is 1. The lowest BCUT2D eigenvalue weighted by molar-refractivity contribution is 0.671. The third-order valence-electron chi connectivity index (χ3n) is 3.69. The number of aryl methyl sites for hydroxylation is 2. The summed E-state index contributed by atoms with van der Waals surface area (Å²) in [7, 11) is 1.82. The second kappa shape index (κ2) is 9.67. The molecule has 2 aromatic rings. The van der Waals surface area contributed by atoms with Gasteiger partial charge in [-0.1, -0.05) is 6.92 Å². The van der Waals surface area contributed by atoms with Gasteiger partial charge in [-0.2, -0.15) is 11.3 Å². The lowest BCUT2D eigenvalue weighted by Gasteiger charge is -2.15. The van der Waals surface area contributed by atoms with Gasteiger partial charge in [0.05, 0.1) is 5.01 Å². The first kappa shape index (κ1) is 17.9. The molecule has 4 nitrogen and oxygen atoms in total. The van der Waals surface area contributed by atoms with Crippen molar-refractivity contribution < 1.29 is 0 Å². The van der Waals surface area contributed by atoms with E-state index < -0.39 is 0 Å². The van der Waals surface area contributed by atoms with E-state index in [2.05, 4.69) is 49.7 Å². The van der Waals surface area contributed by atoms with Gasteiger partial charge in [0.25, 0.3) is 0 Å². The molecule has 2 rings (SSSR count). The standard InChI is InChI=1S/C17H26N4S2/c1-13(15-7-9-22-12-15)10-20-17(18-3)19-8-5-4-6-16-21-14(2)11-23-16/h7,9,11-13H,4-6,8,10H2,1-3H3,(H2,18,19,20). The molecule has 2 aromatic heterocycles. The quantitative estimate of drug-likeness (QED) is 0.432. The predicted molar refractivity (Wildman–Crippen MR) is 102 cm³/mol. The van der Waals surface area contributed by atoms with Crippen LogP contribution in [0.25, 0.3) is 0 Å². The fourth-order valence-electron chi connectivity index (χ4n) is 2.27. The van der Waals surface area contributed by atoms with Crippen LogP contribution in [0.3, 0.4) is 0 Å². The number of hydrogen-bond donors (Lipinski definition) is 2. The third-order valence-corrected chi connectivity index (χ3v) is 5.42. The summed E-state index contributed by atoms with van der Waals surface area (Å²) < 4.78 is 0. The van der Waals surface area contributed by atoms with E-state index in [0.29, 0.717) is 5.92 Å². The average Bonchev–Trinajstić information content (AvgIpc) is 3.21. The first-order valence-electron chi connectivity index (χ1n) is 8.06. The van der Waals surface area contributed by atoms with Gasteiger partial charge in [0.15, 0.2) is 5.96 Å². The molecule has 0 aliphatic carbocycles. The van der Waals surface area contributed by atoms with Crippen molar-refractivity contribution in [2.45, 2.75) is 39.0 Å². The molecule has 6 heteroatoms. The zero-order chi connectivity index (χ0) is 16.5. The molecule has 0 saturated carbocycles. The van der Waals surface area contributed by atoms with E-state index in [0.717, 1.165) is 44.0 Å². The van der Waals surface area contributed by atoms with Gasteiger partial charge in [0.2, 0.25) is 0 Å². The van der Waals surface area contributed by atoms with Crippen LogP contribution in [0.2, 0.25) is 0 Å². The number of guanidine groups is 1. The number of aromatic nitrogens is 1. The lowest BCUT2D eigenvalue weighted by atomic mass is 10.1. The zero-order valence-electron chi connectivity index (χ0n) is 14.1. The van der Waals surface area contributed by atoms with E-state index in [1.807, 2.05) is 14.0 Å². The van der Waals surface area contributed by atoms with Crippen LogP contribution >= 0.6 is 22.7 Å². The molecule has 0 amide bonds. The van der Waals surface area contributed by atoms with Crippen LogP contribution in [0.4, 0.5) is 0 Å². The minimum atomic E-state index is 0.493. The van der Waals surface area contributed by atoms with Gasteiger partial charge in [-0.25, -0.2) is 4.98 Å². The number of unbranched alkanes of at least 4 members (excludes halogenated alkanes) is 1. The van der Waals surface area contributed by atoms with Gasteiger partial charge < -0.3 is 10.6 Å². The Morgan fingerprint density at radius 1 is 1.30 bits per heavy atom. The van der Waals surface area contributed by atoms with Gasteiger partial charge in [-0.15, -0.1) is 11.3 Å². The second-order valence-corrected chi connectivity index (χ2v) is 7.40. The van der Waals surface area contributed by atoms with Crippen LogP contribution < -0.4 is 10.6 Å². The molecule has 1 unspecified atom stereocenters. The van der Waals surface area contributed by atoms with E-state index in [4.69, 9.17) is 0 Å². The highest BCUT2D eigenvalue weighted by Crippen LogP contribution is 2.17. The van der Waals surface area contributed by atoms with Crippen molar-refractivity contribution in [3.8, 4) is 0 Å². The fraction of sp³-hybridized carbons (Fsp3) is 0.529. The van der Waals surface area contributed by atoms with Crippen LogP contribution in [0.15, 0.2) is 27.2 Å². The molecule has 126 valence electrons. The predicted octanol–water partition coefficient (Wildman–Crippen LogP) is 3.80. The summed E-state index contributed by atoms with van der Waals surface area (Å²) in [5.74, 6) is 1.38. The highest BCUT2D eigenvalue weighted by atomic mass is 32.1. The van der Waals surface area contributed by atoms with Gasteiger partial charge in [-0.05, 0) is 54.5 Å². The Hall–Kier alpha value is -1.40. The highest BCUT2D eigenvalue weighted by molar-refractivity contribution is 7.09. The largest absolute Gasteiger partial charge is 0.356 e. The van der Waals surface area contributed by atoms with Crippen LogP contribution in [0, 0.1) is 6.92 Å². The SMILES string of the molecule is CN=C(NCCCCc1nc(C)cs1)NCC(C)c1ccsc1. The van der Waals surface area contributed by atoms with Crippen molar-refractivity contribution in [3.05, 3.63) is 38.5 Å². The van der Waals surface area contributed by atoms with Crippen LogP contribution in [0.1, 0.15) is 41.9 Å². The first-order valence-corrected chi connectivity index (χ1v) is 9.89. The van der Waals surface area contributed by atoms with Crippen LogP contribution in [-0.2, 0) is 6.42 Å².